The zero-order chi connectivity index (χ0) is 14.8. The molecule has 0 saturated heterocycles. The lowest BCUT2D eigenvalue weighted by molar-refractivity contribution is -0.131. The van der Waals surface area contributed by atoms with Gasteiger partial charge in [-0.25, -0.2) is 9.78 Å². The Balaban J connectivity index is 2.12. The summed E-state index contributed by atoms with van der Waals surface area (Å²) in [6.07, 6.45) is 8.76. The van der Waals surface area contributed by atoms with E-state index in [2.05, 4.69) is 4.98 Å². The Bertz CT molecular complexity index is 719. The second kappa shape index (κ2) is 5.74. The van der Waals surface area contributed by atoms with E-state index in [0.29, 0.717) is 10.6 Å². The van der Waals surface area contributed by atoms with Crippen molar-refractivity contribution in [3.63, 3.8) is 0 Å². The van der Waals surface area contributed by atoms with Crippen molar-refractivity contribution in [3.8, 4) is 5.69 Å². The molecule has 0 radical (unpaired) electrons. The number of imidazole rings is 1. The lowest BCUT2D eigenvalue weighted by Gasteiger charge is -2.16. The fourth-order valence-corrected chi connectivity index (χ4v) is 2.96. The molecule has 1 aliphatic rings. The van der Waals surface area contributed by atoms with Crippen molar-refractivity contribution in [3.05, 3.63) is 52.6 Å². The zero-order valence-corrected chi connectivity index (χ0v) is 12.2. The Hall–Kier alpha value is -2.07. The first-order chi connectivity index (χ1) is 10.2. The van der Waals surface area contributed by atoms with Crippen LogP contribution in [-0.2, 0) is 17.6 Å². The van der Waals surface area contributed by atoms with Crippen LogP contribution in [0.2, 0.25) is 5.02 Å². The molecule has 0 bridgehead atoms. The van der Waals surface area contributed by atoms with E-state index in [1.54, 1.807) is 12.4 Å². The first-order valence-corrected chi connectivity index (χ1v) is 7.29. The van der Waals surface area contributed by atoms with Crippen LogP contribution in [0.3, 0.4) is 0 Å². The summed E-state index contributed by atoms with van der Waals surface area (Å²) in [5.74, 6) is -0.992. The third-order valence-electron chi connectivity index (χ3n) is 3.71. The number of carboxylic acids is 1. The quantitative estimate of drug-likeness (QED) is 0.883. The number of rotatable bonds is 3. The van der Waals surface area contributed by atoms with Gasteiger partial charge < -0.3 is 9.67 Å². The Labute approximate surface area is 127 Å². The predicted octanol–water partition coefficient (Wildman–Crippen LogP) is 3.50. The molecule has 1 N–H and O–H groups in total. The number of carbonyl (C=O) groups is 1. The SMILES string of the molecule is O=C(O)/C=C/c1c(Cl)cccc1-n1cnc2c1CCCC2. The van der Waals surface area contributed by atoms with E-state index in [1.165, 1.54) is 18.2 Å². The van der Waals surface area contributed by atoms with Crippen LogP contribution in [0.4, 0.5) is 0 Å². The summed E-state index contributed by atoms with van der Waals surface area (Å²) in [5.41, 5.74) is 3.91. The summed E-state index contributed by atoms with van der Waals surface area (Å²) in [5, 5.41) is 9.36. The molecule has 1 aromatic heterocycles. The highest BCUT2D eigenvalue weighted by molar-refractivity contribution is 6.32. The molecule has 4 nitrogen and oxygen atoms in total. The first kappa shape index (κ1) is 13.9. The third kappa shape index (κ3) is 2.72. The standard InChI is InChI=1S/C16H15ClN2O2/c17-12-4-3-7-14(11(12)8-9-16(20)21)19-10-18-13-5-1-2-6-15(13)19/h3-4,7-10H,1-2,5-6H2,(H,20,21)/b9-8+. The average molecular weight is 303 g/mol. The molecule has 108 valence electrons. The lowest BCUT2D eigenvalue weighted by atomic mass is 10.0. The third-order valence-corrected chi connectivity index (χ3v) is 4.04. The van der Waals surface area contributed by atoms with Gasteiger partial charge in [0, 0.05) is 22.4 Å². The van der Waals surface area contributed by atoms with E-state index in [0.717, 1.165) is 36.7 Å². The molecule has 21 heavy (non-hydrogen) atoms. The van der Waals surface area contributed by atoms with Gasteiger partial charge in [-0.15, -0.1) is 0 Å². The number of hydrogen-bond acceptors (Lipinski definition) is 2. The highest BCUT2D eigenvalue weighted by Gasteiger charge is 2.17. The Morgan fingerprint density at radius 2 is 2.14 bits per heavy atom. The van der Waals surface area contributed by atoms with Gasteiger partial charge >= 0.3 is 5.97 Å². The second-order valence-corrected chi connectivity index (χ2v) is 5.47. The van der Waals surface area contributed by atoms with Crippen molar-refractivity contribution in [2.24, 2.45) is 0 Å². The monoisotopic (exact) mass is 302 g/mol. The van der Waals surface area contributed by atoms with Crippen molar-refractivity contribution in [1.82, 2.24) is 9.55 Å². The van der Waals surface area contributed by atoms with Gasteiger partial charge in [0.05, 0.1) is 17.7 Å². The highest BCUT2D eigenvalue weighted by Crippen LogP contribution is 2.29. The van der Waals surface area contributed by atoms with E-state index in [4.69, 9.17) is 16.7 Å². The lowest BCUT2D eigenvalue weighted by Crippen LogP contribution is -2.08. The van der Waals surface area contributed by atoms with Crippen LogP contribution in [0.25, 0.3) is 11.8 Å². The topological polar surface area (TPSA) is 55.1 Å². The summed E-state index contributed by atoms with van der Waals surface area (Å²) >= 11 is 6.24. The molecule has 1 aliphatic carbocycles. The normalized spacial score (nSPS) is 14.3. The number of carboxylic acid groups (broad SMARTS) is 1. The number of nitrogens with zero attached hydrogens (tertiary/aromatic N) is 2. The number of benzene rings is 1. The maximum absolute atomic E-state index is 10.8. The molecule has 0 aliphatic heterocycles. The number of halogens is 1. The molecule has 0 unspecified atom stereocenters. The van der Waals surface area contributed by atoms with Gasteiger partial charge in [-0.1, -0.05) is 17.7 Å². The molecular weight excluding hydrogens is 288 g/mol. The van der Waals surface area contributed by atoms with Gasteiger partial charge in [0.1, 0.15) is 0 Å². The van der Waals surface area contributed by atoms with Gasteiger partial charge in [-0.2, -0.15) is 0 Å². The van der Waals surface area contributed by atoms with Crippen molar-refractivity contribution < 1.29 is 9.90 Å². The van der Waals surface area contributed by atoms with Crippen LogP contribution < -0.4 is 0 Å². The van der Waals surface area contributed by atoms with Crippen molar-refractivity contribution >= 4 is 23.6 Å². The van der Waals surface area contributed by atoms with E-state index < -0.39 is 5.97 Å². The van der Waals surface area contributed by atoms with Crippen LogP contribution in [0, 0.1) is 0 Å². The summed E-state index contributed by atoms with van der Waals surface area (Å²) in [4.78, 5) is 15.2. The minimum absolute atomic E-state index is 0.531. The summed E-state index contributed by atoms with van der Waals surface area (Å²) in [6, 6.07) is 5.56. The molecule has 0 saturated carbocycles. The number of hydrogen-bond donors (Lipinski definition) is 1. The van der Waals surface area contributed by atoms with Gasteiger partial charge in [0.2, 0.25) is 0 Å². The minimum atomic E-state index is -0.992. The van der Waals surface area contributed by atoms with Gasteiger partial charge in [-0.3, -0.25) is 0 Å². The summed E-state index contributed by atoms with van der Waals surface area (Å²) in [7, 11) is 0. The summed E-state index contributed by atoms with van der Waals surface area (Å²) < 4.78 is 2.03. The van der Waals surface area contributed by atoms with Crippen LogP contribution >= 0.6 is 11.6 Å². The van der Waals surface area contributed by atoms with Crippen molar-refractivity contribution in [1.29, 1.82) is 0 Å². The van der Waals surface area contributed by atoms with Crippen LogP contribution in [0.5, 0.6) is 0 Å². The molecular formula is C16H15ClN2O2. The molecule has 0 fully saturated rings. The first-order valence-electron chi connectivity index (χ1n) is 6.92. The number of aliphatic carboxylic acids is 1. The zero-order valence-electron chi connectivity index (χ0n) is 11.4. The van der Waals surface area contributed by atoms with E-state index in [9.17, 15) is 4.79 Å². The molecule has 1 heterocycles. The van der Waals surface area contributed by atoms with Crippen LogP contribution in [-0.4, -0.2) is 20.6 Å². The number of aromatic nitrogens is 2. The minimum Gasteiger partial charge on any atom is -0.478 e. The van der Waals surface area contributed by atoms with E-state index >= 15 is 0 Å². The highest BCUT2D eigenvalue weighted by atomic mass is 35.5. The summed E-state index contributed by atoms with van der Waals surface area (Å²) in [6.45, 7) is 0. The smallest absolute Gasteiger partial charge is 0.328 e. The number of aryl methyl sites for hydroxylation is 1. The van der Waals surface area contributed by atoms with Gasteiger partial charge in [-0.05, 0) is 43.9 Å². The van der Waals surface area contributed by atoms with E-state index in [1.807, 2.05) is 16.7 Å². The van der Waals surface area contributed by atoms with Gasteiger partial charge in [0.15, 0.2) is 0 Å². The number of fused-ring (bicyclic) bond motifs is 1. The van der Waals surface area contributed by atoms with Crippen LogP contribution in [0.15, 0.2) is 30.6 Å². The molecule has 0 atom stereocenters. The largest absolute Gasteiger partial charge is 0.478 e. The maximum Gasteiger partial charge on any atom is 0.328 e. The molecule has 3 rings (SSSR count). The van der Waals surface area contributed by atoms with Gasteiger partial charge in [0.25, 0.3) is 0 Å². The molecule has 0 amide bonds. The van der Waals surface area contributed by atoms with Crippen LogP contribution in [0.1, 0.15) is 29.8 Å². The fourth-order valence-electron chi connectivity index (χ4n) is 2.73. The van der Waals surface area contributed by atoms with Crippen molar-refractivity contribution in [2.45, 2.75) is 25.7 Å². The Kier molecular flexibility index (Phi) is 3.80. The average Bonchev–Trinajstić information content (AvgIpc) is 2.89. The Morgan fingerprint density at radius 1 is 1.33 bits per heavy atom. The van der Waals surface area contributed by atoms with E-state index in [-0.39, 0.29) is 0 Å². The molecule has 1 aromatic carbocycles. The maximum atomic E-state index is 10.8. The van der Waals surface area contributed by atoms with Crippen molar-refractivity contribution in [2.75, 3.05) is 0 Å². The fraction of sp³-hybridized carbons (Fsp3) is 0.250. The Morgan fingerprint density at radius 3 is 2.95 bits per heavy atom. The second-order valence-electron chi connectivity index (χ2n) is 5.06. The molecule has 2 aromatic rings. The molecule has 0 spiro atoms. The molecule has 5 heteroatoms. The predicted molar refractivity (Wildman–Crippen MR) is 81.9 cm³/mol.